The number of carboxylic acids is 2. The van der Waals surface area contributed by atoms with Gasteiger partial charge in [0.2, 0.25) is 11.8 Å². The molecule has 10 N–H and O–H groups in total. The van der Waals surface area contributed by atoms with Crippen LogP contribution in [0.5, 0.6) is 0 Å². The molecule has 1 rings (SSSR count). The van der Waals surface area contributed by atoms with Crippen LogP contribution in [0, 0.1) is 0 Å². The smallest absolute Gasteiger partial charge is 0.413 e. The molecule has 0 heterocycles. The Labute approximate surface area is 353 Å². The summed E-state index contributed by atoms with van der Waals surface area (Å²) in [6, 6.07) is 1.18. The zero-order valence-electron chi connectivity index (χ0n) is 31.1. The van der Waals surface area contributed by atoms with Crippen LogP contribution in [0.3, 0.4) is 0 Å². The van der Waals surface area contributed by atoms with Gasteiger partial charge in [-0.05, 0) is 56.7 Å². The second-order valence-electron chi connectivity index (χ2n) is 12.6. The molecule has 0 saturated heterocycles. The Morgan fingerprint density at radius 1 is 0.793 bits per heavy atom. The highest BCUT2D eigenvalue weighted by atomic mass is 32.1. The van der Waals surface area contributed by atoms with Crippen LogP contribution in [0.15, 0.2) is 24.3 Å². The summed E-state index contributed by atoms with van der Waals surface area (Å²) in [5.74, 6) is -8.00. The van der Waals surface area contributed by atoms with Crippen LogP contribution < -0.4 is 22.1 Å². The molecule has 0 bridgehead atoms. The first-order chi connectivity index (χ1) is 26.9. The summed E-state index contributed by atoms with van der Waals surface area (Å²) in [6.07, 6.45) is -5.50. The number of imide groups is 2. The van der Waals surface area contributed by atoms with Crippen molar-refractivity contribution in [3.63, 3.8) is 0 Å². The lowest BCUT2D eigenvalue weighted by molar-refractivity contribution is -0.141. The third-order valence-electron chi connectivity index (χ3n) is 8.32. The van der Waals surface area contributed by atoms with Crippen molar-refractivity contribution >= 4 is 110 Å². The molecule has 5 atom stereocenters. The minimum atomic E-state index is -2.17. The highest BCUT2D eigenvalue weighted by molar-refractivity contribution is 7.85. The Morgan fingerprint density at radius 3 is 1.86 bits per heavy atom. The van der Waals surface area contributed by atoms with Crippen LogP contribution in [0.1, 0.15) is 72.1 Å². The van der Waals surface area contributed by atoms with Crippen LogP contribution in [0.4, 0.5) is 9.59 Å². The number of hydrogen-bond acceptors (Lipinski definition) is 16. The normalized spacial score (nSPS) is 13.9. The molecule has 26 heteroatoms. The maximum Gasteiger partial charge on any atom is 0.413 e. The quantitative estimate of drug-likeness (QED) is 0.0413. The van der Waals surface area contributed by atoms with E-state index >= 15 is 0 Å². The molecule has 58 heavy (non-hydrogen) atoms. The van der Waals surface area contributed by atoms with Crippen molar-refractivity contribution in [1.29, 1.82) is 0 Å². The summed E-state index contributed by atoms with van der Waals surface area (Å²) >= 11 is 16.9. The summed E-state index contributed by atoms with van der Waals surface area (Å²) in [7, 11) is 1.88. The van der Waals surface area contributed by atoms with Crippen LogP contribution in [-0.2, 0) is 28.8 Å². The van der Waals surface area contributed by atoms with E-state index in [4.69, 9.17) is 21.7 Å². The first-order valence-corrected chi connectivity index (χ1v) is 18.7. The van der Waals surface area contributed by atoms with E-state index < -0.39 is 94.4 Å². The summed E-state index contributed by atoms with van der Waals surface area (Å²) in [6.45, 7) is -0.152. The molecule has 5 unspecified atom stereocenters. The van der Waals surface area contributed by atoms with Crippen molar-refractivity contribution in [2.45, 2.75) is 79.7 Å². The van der Waals surface area contributed by atoms with E-state index in [0.29, 0.717) is 9.21 Å². The molecule has 0 aliphatic heterocycles. The van der Waals surface area contributed by atoms with Crippen LogP contribution >= 0.6 is 50.9 Å². The zero-order chi connectivity index (χ0) is 44.7. The molecule has 0 saturated carbocycles. The van der Waals surface area contributed by atoms with Gasteiger partial charge in [0.15, 0.2) is 4.87 Å². The molecule has 0 aliphatic rings. The topological polar surface area (TPSA) is 341 Å². The maximum atomic E-state index is 13.3. The number of likely N-dealkylation sites (N-methyl/N-ethyl adjacent to an activating group) is 2. The zero-order valence-corrected chi connectivity index (χ0v) is 34.7. The molecule has 0 radical (unpaired) electrons. The molecule has 0 spiro atoms. The molecular formula is C32H46N8O14S4. The van der Waals surface area contributed by atoms with Gasteiger partial charge in [-0.15, -0.1) is 12.6 Å². The average molecular weight is 895 g/mol. The number of thiol groups is 4. The van der Waals surface area contributed by atoms with E-state index in [1.54, 1.807) is 0 Å². The lowest BCUT2D eigenvalue weighted by Crippen LogP contribution is -2.55. The molecule has 0 aliphatic carbocycles. The molecule has 322 valence electrons. The lowest BCUT2D eigenvalue weighted by Gasteiger charge is -2.37. The van der Waals surface area contributed by atoms with Crippen molar-refractivity contribution < 1.29 is 68.4 Å². The molecular weight excluding hydrogens is 849 g/mol. The van der Waals surface area contributed by atoms with Gasteiger partial charge >= 0.3 is 24.1 Å². The summed E-state index contributed by atoms with van der Waals surface area (Å²) in [5.41, 5.74) is 10.8. The van der Waals surface area contributed by atoms with E-state index in [1.807, 2.05) is 0 Å². The first-order valence-electron chi connectivity index (χ1n) is 17.0. The Balaban J connectivity index is 3.01. The van der Waals surface area contributed by atoms with Gasteiger partial charge in [0, 0.05) is 44.6 Å². The van der Waals surface area contributed by atoms with Crippen LogP contribution in [0.2, 0.25) is 0 Å². The molecule has 0 aromatic heterocycles. The number of carboxylic acid groups (broad SMARTS) is 4. The van der Waals surface area contributed by atoms with Crippen LogP contribution in [-0.4, -0.2) is 147 Å². The van der Waals surface area contributed by atoms with E-state index in [-0.39, 0.29) is 67.5 Å². The number of nitrogens with two attached hydrogens (primary N) is 2. The largest absolute Gasteiger partial charge is 0.480 e. The molecule has 8 amide bonds. The van der Waals surface area contributed by atoms with Crippen molar-refractivity contribution in [2.75, 3.05) is 20.6 Å². The van der Waals surface area contributed by atoms with Gasteiger partial charge < -0.3 is 42.5 Å². The number of nitrogens with zero attached hydrogens (tertiary/aromatic N) is 4. The number of aliphatic carboxylic acids is 2. The molecule has 0 fully saturated rings. The number of hydrogen-bond donors (Lipinski definition) is 12. The predicted molar refractivity (Wildman–Crippen MR) is 216 cm³/mol. The Morgan fingerprint density at radius 2 is 1.33 bits per heavy atom. The minimum absolute atomic E-state index is 0.00409. The SMILES string of the molecule is CN(C(=O)O)C(=O)C(CCC(S)N(S)C(=O)c1cccc(C(=O)NCCCC(S)(C(=O)N(C)C(=O)O)N(S)C(=O)CCC(N)C(=O)O)c1)NC(=O)CCC(N)C(=O)O. The maximum absolute atomic E-state index is 13.3. The fraction of sp³-hybridized carbons (Fsp3) is 0.500. The Bertz CT molecular complexity index is 1740. The van der Waals surface area contributed by atoms with Gasteiger partial charge in [-0.3, -0.25) is 47.0 Å². The standard InChI is InChI=1S/C32H46N8O14S4/c1-37(30(51)52)26(45)20(36-21(41)10-7-18(33)27(46)47)9-12-23(55)39(57)25(44)17-6-3-5-16(15-17)24(43)35-14-4-13-32(56,29(50)38(2)31(53)54)40(58)22(42)11-8-19(34)28(48)49/h3,5-6,15,18-20,23,55-58H,4,7-14,33-34H2,1-2H3,(H,35,43)(H,36,41)(H,46,47)(H,48,49)(H,51,52)(H,53,54). The van der Waals surface area contributed by atoms with E-state index in [0.717, 1.165) is 18.4 Å². The van der Waals surface area contributed by atoms with Crippen molar-refractivity contribution in [3.05, 3.63) is 35.4 Å². The number of amides is 8. The second-order valence-corrected chi connectivity index (χ2v) is 14.8. The van der Waals surface area contributed by atoms with Crippen molar-refractivity contribution in [3.8, 4) is 0 Å². The monoisotopic (exact) mass is 894 g/mol. The number of benzene rings is 1. The highest BCUT2D eigenvalue weighted by Crippen LogP contribution is 2.31. The number of carbonyl (C=O) groups excluding carboxylic acids is 6. The van der Waals surface area contributed by atoms with Gasteiger partial charge in [0.25, 0.3) is 23.6 Å². The predicted octanol–water partition coefficient (Wildman–Crippen LogP) is -0.0390. The van der Waals surface area contributed by atoms with Gasteiger partial charge in [0.1, 0.15) is 18.1 Å². The molecule has 1 aromatic rings. The number of nitrogens with one attached hydrogen (secondary N) is 2. The molecule has 1 aromatic carbocycles. The fourth-order valence-corrected chi connectivity index (χ4v) is 5.96. The molecule has 22 nitrogen and oxygen atoms in total. The van der Waals surface area contributed by atoms with Crippen LogP contribution in [0.25, 0.3) is 0 Å². The van der Waals surface area contributed by atoms with Gasteiger partial charge in [-0.1, -0.05) is 31.7 Å². The van der Waals surface area contributed by atoms with Crippen molar-refractivity contribution in [2.24, 2.45) is 11.5 Å². The van der Waals surface area contributed by atoms with E-state index in [9.17, 15) is 58.2 Å². The minimum Gasteiger partial charge on any atom is -0.480 e. The average Bonchev–Trinajstić information content (AvgIpc) is 3.19. The highest BCUT2D eigenvalue weighted by Gasteiger charge is 2.45. The second kappa shape index (κ2) is 23.6. The summed E-state index contributed by atoms with van der Waals surface area (Å²) in [4.78, 5) is 121. The first kappa shape index (κ1) is 51.3. The third-order valence-corrected chi connectivity index (χ3v) is 10.8. The van der Waals surface area contributed by atoms with Gasteiger partial charge in [-0.2, -0.15) is 12.6 Å². The third kappa shape index (κ3) is 15.2. The number of carbonyl (C=O) groups is 10. The Hall–Kier alpha value is -4.76. The van der Waals surface area contributed by atoms with Crippen molar-refractivity contribution in [1.82, 2.24) is 29.0 Å². The van der Waals surface area contributed by atoms with E-state index in [1.165, 1.54) is 24.3 Å². The lowest BCUT2D eigenvalue weighted by atomic mass is 10.1. The van der Waals surface area contributed by atoms with Gasteiger partial charge in [-0.25, -0.2) is 19.4 Å². The summed E-state index contributed by atoms with van der Waals surface area (Å²) < 4.78 is 1.44. The number of rotatable bonds is 22. The van der Waals surface area contributed by atoms with E-state index in [2.05, 4.69) is 61.5 Å². The Kier molecular flexibility index (Phi) is 20.9. The van der Waals surface area contributed by atoms with Gasteiger partial charge in [0.05, 0.1) is 5.37 Å². The summed E-state index contributed by atoms with van der Waals surface area (Å²) in [5, 5.41) is 40.4. The fourth-order valence-electron chi connectivity index (χ4n) is 4.77.